The summed E-state index contributed by atoms with van der Waals surface area (Å²) in [4.78, 5) is 12.5. The zero-order chi connectivity index (χ0) is 23.3. The summed E-state index contributed by atoms with van der Waals surface area (Å²) in [6, 6.07) is 18.4. The van der Waals surface area contributed by atoms with E-state index in [1.165, 1.54) is 19.2 Å². The molecule has 0 atom stereocenters. The van der Waals surface area contributed by atoms with Gasteiger partial charge in [0.2, 0.25) is 0 Å². The molecule has 0 bridgehead atoms. The Morgan fingerprint density at radius 2 is 1.53 bits per heavy atom. The topological polar surface area (TPSA) is 96.5 Å². The van der Waals surface area contributed by atoms with Crippen LogP contribution in [-0.4, -0.2) is 26.5 Å². The Morgan fingerprint density at radius 3 is 2.16 bits per heavy atom. The highest BCUT2D eigenvalue weighted by Gasteiger charge is 2.17. The molecule has 0 aliphatic rings. The van der Waals surface area contributed by atoms with Crippen molar-refractivity contribution in [2.75, 3.05) is 17.1 Å². The molecule has 32 heavy (non-hydrogen) atoms. The highest BCUT2D eigenvalue weighted by molar-refractivity contribution is 7.92. The van der Waals surface area contributed by atoms with Crippen molar-refractivity contribution in [1.29, 1.82) is 0 Å². The van der Waals surface area contributed by atoms with Crippen LogP contribution in [0, 0.1) is 13.8 Å². The first-order chi connectivity index (χ1) is 15.2. The number of ether oxygens (including phenoxy) is 1. The molecule has 0 fully saturated rings. The molecular formula is C23H23N3O4S2. The lowest BCUT2D eigenvalue weighted by Gasteiger charge is -2.14. The van der Waals surface area contributed by atoms with Crippen molar-refractivity contribution in [3.8, 4) is 5.75 Å². The van der Waals surface area contributed by atoms with Gasteiger partial charge in [0.25, 0.3) is 15.9 Å². The maximum absolute atomic E-state index is 12.8. The van der Waals surface area contributed by atoms with Crippen molar-refractivity contribution in [2.45, 2.75) is 18.7 Å². The summed E-state index contributed by atoms with van der Waals surface area (Å²) in [5.74, 6) is 0.00991. The number of benzene rings is 3. The molecule has 0 unspecified atom stereocenters. The summed E-state index contributed by atoms with van der Waals surface area (Å²) in [5.41, 5.74) is 3.11. The standard InChI is InChI=1S/C23H23N3O4S2/c1-15-7-6-8-16(2)21(15)26-32(28,29)18-13-11-17(12-14-18)24-23(31)25-22(27)19-9-4-5-10-20(19)30-3/h4-14,26H,1-3H3,(H2,24,25,27,31). The number of rotatable bonds is 6. The van der Waals surface area contributed by atoms with Crippen molar-refractivity contribution in [1.82, 2.24) is 5.32 Å². The SMILES string of the molecule is COc1ccccc1C(=O)NC(=S)Nc1ccc(S(=O)(=O)Nc2c(C)cccc2C)cc1. The normalized spacial score (nSPS) is 10.8. The molecular weight excluding hydrogens is 446 g/mol. The first-order valence-corrected chi connectivity index (χ1v) is 11.5. The first-order valence-electron chi connectivity index (χ1n) is 9.65. The number of nitrogens with one attached hydrogen (secondary N) is 3. The van der Waals surface area contributed by atoms with E-state index in [0.717, 1.165) is 11.1 Å². The Morgan fingerprint density at radius 1 is 0.906 bits per heavy atom. The van der Waals surface area contributed by atoms with E-state index in [4.69, 9.17) is 17.0 Å². The van der Waals surface area contributed by atoms with Crippen LogP contribution in [-0.2, 0) is 10.0 Å². The van der Waals surface area contributed by atoms with E-state index in [-0.39, 0.29) is 10.0 Å². The summed E-state index contributed by atoms with van der Waals surface area (Å²) < 4.78 is 33.4. The van der Waals surface area contributed by atoms with Gasteiger partial charge in [0.15, 0.2) is 5.11 Å². The average Bonchev–Trinajstić information content (AvgIpc) is 2.76. The number of sulfonamides is 1. The molecule has 0 heterocycles. The molecule has 0 saturated carbocycles. The molecule has 3 rings (SSSR count). The number of thiocarbonyl (C=S) groups is 1. The van der Waals surface area contributed by atoms with Crippen LogP contribution in [0.4, 0.5) is 11.4 Å². The summed E-state index contributed by atoms with van der Waals surface area (Å²) in [6.45, 7) is 3.69. The molecule has 3 aromatic rings. The van der Waals surface area contributed by atoms with Crippen LogP contribution in [0.15, 0.2) is 71.6 Å². The smallest absolute Gasteiger partial charge is 0.261 e. The Balaban J connectivity index is 1.67. The van der Waals surface area contributed by atoms with Gasteiger partial charge in [0, 0.05) is 5.69 Å². The number of aryl methyl sites for hydroxylation is 2. The highest BCUT2D eigenvalue weighted by Crippen LogP contribution is 2.24. The number of anilines is 2. The Bertz CT molecular complexity index is 1240. The van der Waals surface area contributed by atoms with Gasteiger partial charge in [-0.15, -0.1) is 0 Å². The van der Waals surface area contributed by atoms with Crippen LogP contribution >= 0.6 is 12.2 Å². The van der Waals surface area contributed by atoms with Crippen molar-refractivity contribution in [3.05, 3.63) is 83.4 Å². The number of para-hydroxylation sites is 2. The number of amides is 1. The number of carbonyl (C=O) groups is 1. The van der Waals surface area contributed by atoms with Crippen molar-refractivity contribution in [2.24, 2.45) is 0 Å². The minimum absolute atomic E-state index is 0.0742. The average molecular weight is 470 g/mol. The predicted octanol–water partition coefficient (Wildman–Crippen LogP) is 4.24. The maximum Gasteiger partial charge on any atom is 0.261 e. The van der Waals surface area contributed by atoms with Crippen molar-refractivity contribution in [3.63, 3.8) is 0 Å². The van der Waals surface area contributed by atoms with Crippen molar-refractivity contribution >= 4 is 44.6 Å². The van der Waals surface area contributed by atoms with Crippen LogP contribution in [0.5, 0.6) is 5.75 Å². The predicted molar refractivity (Wildman–Crippen MR) is 130 cm³/mol. The van der Waals surface area contributed by atoms with Crippen LogP contribution in [0.1, 0.15) is 21.5 Å². The fraction of sp³-hybridized carbons (Fsp3) is 0.130. The molecule has 0 aromatic heterocycles. The molecule has 0 spiro atoms. The molecule has 9 heteroatoms. The van der Waals surface area contributed by atoms with E-state index < -0.39 is 15.9 Å². The quantitative estimate of drug-likeness (QED) is 0.468. The van der Waals surface area contributed by atoms with Crippen molar-refractivity contribution < 1.29 is 17.9 Å². The van der Waals surface area contributed by atoms with Gasteiger partial charge in [0.1, 0.15) is 5.75 Å². The van der Waals surface area contributed by atoms with Gasteiger partial charge in [-0.2, -0.15) is 0 Å². The van der Waals surface area contributed by atoms with E-state index >= 15 is 0 Å². The molecule has 0 aliphatic carbocycles. The maximum atomic E-state index is 12.8. The highest BCUT2D eigenvalue weighted by atomic mass is 32.2. The third-order valence-corrected chi connectivity index (χ3v) is 6.29. The van der Waals surface area contributed by atoms with Gasteiger partial charge in [-0.3, -0.25) is 14.8 Å². The Kier molecular flexibility index (Phi) is 7.12. The van der Waals surface area contributed by atoms with E-state index in [9.17, 15) is 13.2 Å². The third-order valence-electron chi connectivity index (χ3n) is 4.72. The summed E-state index contributed by atoms with van der Waals surface area (Å²) in [5, 5.41) is 5.52. The van der Waals surface area contributed by atoms with Crippen LogP contribution in [0.2, 0.25) is 0 Å². The van der Waals surface area contributed by atoms with Gasteiger partial charge < -0.3 is 10.1 Å². The third kappa shape index (κ3) is 5.43. The van der Waals surface area contributed by atoms with Gasteiger partial charge in [-0.05, 0) is 73.6 Å². The number of hydrogen-bond donors (Lipinski definition) is 3. The minimum Gasteiger partial charge on any atom is -0.496 e. The van der Waals surface area contributed by atoms with Gasteiger partial charge in [-0.25, -0.2) is 8.42 Å². The van der Waals surface area contributed by atoms with E-state index in [1.807, 2.05) is 32.0 Å². The van der Waals surface area contributed by atoms with Gasteiger partial charge >= 0.3 is 0 Å². The summed E-state index contributed by atoms with van der Waals surface area (Å²) >= 11 is 5.20. The molecule has 3 N–H and O–H groups in total. The minimum atomic E-state index is -3.76. The number of methoxy groups -OCH3 is 1. The largest absolute Gasteiger partial charge is 0.496 e. The lowest BCUT2D eigenvalue weighted by atomic mass is 10.1. The second kappa shape index (κ2) is 9.80. The van der Waals surface area contributed by atoms with Crippen LogP contribution in [0.3, 0.4) is 0 Å². The summed E-state index contributed by atoms with van der Waals surface area (Å²) in [6.07, 6.45) is 0. The molecule has 166 valence electrons. The zero-order valence-corrected chi connectivity index (χ0v) is 19.4. The molecule has 0 saturated heterocycles. The lowest BCUT2D eigenvalue weighted by Crippen LogP contribution is -2.34. The van der Waals surface area contributed by atoms with E-state index in [2.05, 4.69) is 15.4 Å². The van der Waals surface area contributed by atoms with E-state index in [0.29, 0.717) is 22.7 Å². The monoisotopic (exact) mass is 469 g/mol. The zero-order valence-electron chi connectivity index (χ0n) is 17.8. The molecule has 7 nitrogen and oxygen atoms in total. The second-order valence-electron chi connectivity index (χ2n) is 7.01. The van der Waals surface area contributed by atoms with Crippen LogP contribution in [0.25, 0.3) is 0 Å². The molecule has 1 amide bonds. The molecule has 0 aliphatic heterocycles. The second-order valence-corrected chi connectivity index (χ2v) is 9.10. The number of carbonyl (C=O) groups excluding carboxylic acids is 1. The Labute approximate surface area is 192 Å². The van der Waals surface area contributed by atoms with Gasteiger partial charge in [0.05, 0.1) is 23.3 Å². The fourth-order valence-corrected chi connectivity index (χ4v) is 4.46. The first kappa shape index (κ1) is 23.2. The molecule has 0 radical (unpaired) electrons. The lowest BCUT2D eigenvalue weighted by molar-refractivity contribution is 0.0974. The fourth-order valence-electron chi connectivity index (χ4n) is 3.05. The van der Waals surface area contributed by atoms with Gasteiger partial charge in [-0.1, -0.05) is 30.3 Å². The molecule has 3 aromatic carbocycles. The van der Waals surface area contributed by atoms with E-state index in [1.54, 1.807) is 36.4 Å². The Hall–Kier alpha value is -3.43. The summed E-state index contributed by atoms with van der Waals surface area (Å²) in [7, 11) is -2.28. The number of hydrogen-bond acceptors (Lipinski definition) is 5. The van der Waals surface area contributed by atoms with Crippen LogP contribution < -0.4 is 20.1 Å².